The molecule has 1 N–H and O–H groups in total. The first-order chi connectivity index (χ1) is 10.1. The minimum absolute atomic E-state index is 0.119. The lowest BCUT2D eigenvalue weighted by atomic mass is 9.85. The van der Waals surface area contributed by atoms with Gasteiger partial charge in [-0.2, -0.15) is 0 Å². The van der Waals surface area contributed by atoms with Gasteiger partial charge in [-0.15, -0.1) is 0 Å². The fourth-order valence-electron chi connectivity index (χ4n) is 2.73. The Balaban J connectivity index is 2.08. The Morgan fingerprint density at radius 1 is 0.667 bits per heavy atom. The van der Waals surface area contributed by atoms with Crippen LogP contribution in [-0.2, 0) is 5.41 Å². The number of hydrogen-bond acceptors (Lipinski definition) is 1. The second kappa shape index (κ2) is 5.25. The lowest BCUT2D eigenvalue weighted by Crippen LogP contribution is -2.13. The molecular formula is C20H21N. The Labute approximate surface area is 126 Å². The summed E-state index contributed by atoms with van der Waals surface area (Å²) >= 11 is 0. The molecule has 0 saturated heterocycles. The maximum Gasteiger partial charge on any atom is 0.0463 e. The Kier molecular flexibility index (Phi) is 3.42. The molecule has 3 aromatic carbocycles. The van der Waals surface area contributed by atoms with E-state index < -0.39 is 0 Å². The van der Waals surface area contributed by atoms with Crippen LogP contribution in [0.2, 0.25) is 0 Å². The average Bonchev–Trinajstić information content (AvgIpc) is 2.47. The SMILES string of the molecule is CC(C)(C)c1ccccc1Nc1cccc2ccccc12. The largest absolute Gasteiger partial charge is 0.355 e. The van der Waals surface area contributed by atoms with Gasteiger partial charge < -0.3 is 5.32 Å². The molecule has 0 aliphatic rings. The number of rotatable bonds is 2. The van der Waals surface area contributed by atoms with Crippen molar-refractivity contribution < 1.29 is 0 Å². The van der Waals surface area contributed by atoms with Crippen LogP contribution >= 0.6 is 0 Å². The number of benzene rings is 3. The van der Waals surface area contributed by atoms with Crippen molar-refractivity contribution in [1.29, 1.82) is 0 Å². The molecule has 0 amide bonds. The van der Waals surface area contributed by atoms with E-state index in [1.54, 1.807) is 0 Å². The normalized spacial score (nSPS) is 11.6. The number of para-hydroxylation sites is 1. The van der Waals surface area contributed by atoms with Gasteiger partial charge in [-0.25, -0.2) is 0 Å². The molecule has 3 rings (SSSR count). The lowest BCUT2D eigenvalue weighted by molar-refractivity contribution is 0.592. The number of nitrogens with one attached hydrogen (secondary N) is 1. The van der Waals surface area contributed by atoms with Gasteiger partial charge in [0.2, 0.25) is 0 Å². The molecule has 0 spiro atoms. The summed E-state index contributed by atoms with van der Waals surface area (Å²) in [5, 5.41) is 6.14. The summed E-state index contributed by atoms with van der Waals surface area (Å²) in [7, 11) is 0. The first-order valence-corrected chi connectivity index (χ1v) is 7.40. The third-order valence-electron chi connectivity index (χ3n) is 3.79. The molecule has 3 aromatic rings. The fourth-order valence-corrected chi connectivity index (χ4v) is 2.73. The summed E-state index contributed by atoms with van der Waals surface area (Å²) in [6.45, 7) is 6.74. The minimum atomic E-state index is 0.119. The third-order valence-corrected chi connectivity index (χ3v) is 3.79. The zero-order chi connectivity index (χ0) is 14.9. The van der Waals surface area contributed by atoms with Crippen LogP contribution in [0.5, 0.6) is 0 Å². The number of anilines is 2. The molecule has 0 bridgehead atoms. The maximum absolute atomic E-state index is 3.62. The van der Waals surface area contributed by atoms with E-state index in [1.165, 1.54) is 22.0 Å². The summed E-state index contributed by atoms with van der Waals surface area (Å²) in [5.74, 6) is 0. The van der Waals surface area contributed by atoms with Gasteiger partial charge in [0.15, 0.2) is 0 Å². The topological polar surface area (TPSA) is 12.0 Å². The highest BCUT2D eigenvalue weighted by Gasteiger charge is 2.17. The van der Waals surface area contributed by atoms with Gasteiger partial charge in [-0.1, -0.05) is 75.4 Å². The van der Waals surface area contributed by atoms with E-state index in [0.717, 1.165) is 5.69 Å². The minimum Gasteiger partial charge on any atom is -0.355 e. The maximum atomic E-state index is 3.62. The van der Waals surface area contributed by atoms with Crippen LogP contribution in [0.3, 0.4) is 0 Å². The second-order valence-electron chi connectivity index (χ2n) is 6.45. The van der Waals surface area contributed by atoms with E-state index in [1.807, 2.05) is 0 Å². The molecule has 0 fully saturated rings. The molecule has 0 aromatic heterocycles. The van der Waals surface area contributed by atoms with E-state index in [4.69, 9.17) is 0 Å². The molecular weight excluding hydrogens is 254 g/mol. The summed E-state index contributed by atoms with van der Waals surface area (Å²) in [5.41, 5.74) is 3.79. The molecule has 0 saturated carbocycles. The Hall–Kier alpha value is -2.28. The Morgan fingerprint density at radius 3 is 2.10 bits per heavy atom. The molecule has 0 unspecified atom stereocenters. The van der Waals surface area contributed by atoms with E-state index >= 15 is 0 Å². The first-order valence-electron chi connectivity index (χ1n) is 7.40. The monoisotopic (exact) mass is 275 g/mol. The molecule has 0 atom stereocenters. The number of hydrogen-bond donors (Lipinski definition) is 1. The van der Waals surface area contributed by atoms with Crippen molar-refractivity contribution in [3.8, 4) is 0 Å². The second-order valence-corrected chi connectivity index (χ2v) is 6.45. The molecule has 0 aliphatic heterocycles. The van der Waals surface area contributed by atoms with Gasteiger partial charge in [-0.05, 0) is 28.5 Å². The highest BCUT2D eigenvalue weighted by Crippen LogP contribution is 2.33. The highest BCUT2D eigenvalue weighted by atomic mass is 14.9. The predicted octanol–water partition coefficient (Wildman–Crippen LogP) is 5.88. The molecule has 0 radical (unpaired) electrons. The van der Waals surface area contributed by atoms with Crippen molar-refractivity contribution >= 4 is 22.1 Å². The molecule has 0 heterocycles. The summed E-state index contributed by atoms with van der Waals surface area (Å²) < 4.78 is 0. The van der Waals surface area contributed by atoms with Gasteiger partial charge >= 0.3 is 0 Å². The third kappa shape index (κ3) is 2.78. The first kappa shape index (κ1) is 13.7. The van der Waals surface area contributed by atoms with Gasteiger partial charge in [-0.3, -0.25) is 0 Å². The van der Waals surface area contributed by atoms with Crippen molar-refractivity contribution in [3.63, 3.8) is 0 Å². The van der Waals surface area contributed by atoms with Crippen molar-refractivity contribution in [2.24, 2.45) is 0 Å². The van der Waals surface area contributed by atoms with Crippen LogP contribution in [0.4, 0.5) is 11.4 Å². The van der Waals surface area contributed by atoms with Crippen molar-refractivity contribution in [3.05, 3.63) is 72.3 Å². The zero-order valence-corrected chi connectivity index (χ0v) is 12.9. The zero-order valence-electron chi connectivity index (χ0n) is 12.9. The summed E-state index contributed by atoms with van der Waals surface area (Å²) in [6, 6.07) is 23.4. The Morgan fingerprint density at radius 2 is 1.29 bits per heavy atom. The standard InChI is InChI=1S/C20H21N/c1-20(2,3)17-12-6-7-13-19(17)21-18-14-8-10-15-9-4-5-11-16(15)18/h4-14,21H,1-3H3. The molecule has 1 nitrogen and oxygen atoms in total. The van der Waals surface area contributed by atoms with Gasteiger partial charge in [0.25, 0.3) is 0 Å². The average molecular weight is 275 g/mol. The van der Waals surface area contributed by atoms with Crippen LogP contribution < -0.4 is 5.32 Å². The fraction of sp³-hybridized carbons (Fsp3) is 0.200. The van der Waals surface area contributed by atoms with Crippen molar-refractivity contribution in [2.45, 2.75) is 26.2 Å². The quantitative estimate of drug-likeness (QED) is 0.615. The van der Waals surface area contributed by atoms with E-state index in [-0.39, 0.29) is 5.41 Å². The van der Waals surface area contributed by atoms with E-state index in [0.29, 0.717) is 0 Å². The summed E-state index contributed by atoms with van der Waals surface area (Å²) in [4.78, 5) is 0. The van der Waals surface area contributed by atoms with E-state index in [2.05, 4.69) is 92.8 Å². The van der Waals surface area contributed by atoms with Gasteiger partial charge in [0.05, 0.1) is 0 Å². The highest BCUT2D eigenvalue weighted by molar-refractivity contribution is 5.95. The van der Waals surface area contributed by atoms with Gasteiger partial charge in [0, 0.05) is 16.8 Å². The molecule has 0 aliphatic carbocycles. The van der Waals surface area contributed by atoms with Crippen LogP contribution in [0, 0.1) is 0 Å². The smallest absolute Gasteiger partial charge is 0.0463 e. The van der Waals surface area contributed by atoms with Crippen molar-refractivity contribution in [1.82, 2.24) is 0 Å². The van der Waals surface area contributed by atoms with E-state index in [9.17, 15) is 0 Å². The molecule has 1 heteroatoms. The predicted molar refractivity (Wildman–Crippen MR) is 92.4 cm³/mol. The van der Waals surface area contributed by atoms with Crippen LogP contribution in [0.25, 0.3) is 10.8 Å². The van der Waals surface area contributed by atoms with Gasteiger partial charge in [0.1, 0.15) is 0 Å². The summed E-state index contributed by atoms with van der Waals surface area (Å²) in [6.07, 6.45) is 0. The molecule has 106 valence electrons. The van der Waals surface area contributed by atoms with Crippen LogP contribution in [0.1, 0.15) is 26.3 Å². The van der Waals surface area contributed by atoms with Crippen LogP contribution in [-0.4, -0.2) is 0 Å². The van der Waals surface area contributed by atoms with Crippen LogP contribution in [0.15, 0.2) is 66.7 Å². The Bertz CT molecular complexity index is 761. The lowest BCUT2D eigenvalue weighted by Gasteiger charge is -2.23. The molecule has 21 heavy (non-hydrogen) atoms. The van der Waals surface area contributed by atoms with Crippen molar-refractivity contribution in [2.75, 3.05) is 5.32 Å². The number of fused-ring (bicyclic) bond motifs is 1.